The highest BCUT2D eigenvalue weighted by Gasteiger charge is 2.33. The molecule has 2 atom stereocenters. The van der Waals surface area contributed by atoms with Gasteiger partial charge in [0, 0.05) is 25.0 Å². The predicted octanol–water partition coefficient (Wildman–Crippen LogP) is 2.02. The van der Waals surface area contributed by atoms with E-state index in [0.29, 0.717) is 17.4 Å². The summed E-state index contributed by atoms with van der Waals surface area (Å²) in [5, 5.41) is 3.42. The van der Waals surface area contributed by atoms with Crippen molar-refractivity contribution in [1.29, 1.82) is 0 Å². The molecule has 0 saturated carbocycles. The van der Waals surface area contributed by atoms with Crippen molar-refractivity contribution in [3.05, 3.63) is 0 Å². The first kappa shape index (κ1) is 12.9. The Bertz CT molecular complexity index is 288. The van der Waals surface area contributed by atoms with Gasteiger partial charge in [0.25, 0.3) is 0 Å². The van der Waals surface area contributed by atoms with Gasteiger partial charge in [-0.2, -0.15) is 0 Å². The lowest BCUT2D eigenvalue weighted by molar-refractivity contribution is -0.139. The summed E-state index contributed by atoms with van der Waals surface area (Å²) >= 11 is 0. The summed E-state index contributed by atoms with van der Waals surface area (Å²) in [7, 11) is 0. The van der Waals surface area contributed by atoms with Gasteiger partial charge in [0.15, 0.2) is 0 Å². The molecule has 2 heterocycles. The zero-order valence-electron chi connectivity index (χ0n) is 11.5. The second-order valence-corrected chi connectivity index (χ2v) is 6.60. The van der Waals surface area contributed by atoms with Gasteiger partial charge in [0.05, 0.1) is 0 Å². The van der Waals surface area contributed by atoms with Crippen molar-refractivity contribution in [3.63, 3.8) is 0 Å². The fourth-order valence-corrected chi connectivity index (χ4v) is 3.23. The molecule has 1 amide bonds. The van der Waals surface area contributed by atoms with Crippen LogP contribution >= 0.6 is 0 Å². The van der Waals surface area contributed by atoms with Gasteiger partial charge < -0.3 is 10.2 Å². The van der Waals surface area contributed by atoms with Gasteiger partial charge in [-0.3, -0.25) is 4.79 Å². The first-order valence-corrected chi connectivity index (χ1v) is 7.00. The van der Waals surface area contributed by atoms with Crippen LogP contribution in [-0.2, 0) is 4.79 Å². The summed E-state index contributed by atoms with van der Waals surface area (Å²) < 4.78 is 0. The monoisotopic (exact) mass is 238 g/mol. The number of amides is 1. The van der Waals surface area contributed by atoms with Crippen molar-refractivity contribution in [3.8, 4) is 0 Å². The van der Waals surface area contributed by atoms with Gasteiger partial charge in [0.2, 0.25) is 5.91 Å². The van der Waals surface area contributed by atoms with Crippen LogP contribution in [0.4, 0.5) is 0 Å². The van der Waals surface area contributed by atoms with E-state index in [9.17, 15) is 4.79 Å². The van der Waals surface area contributed by atoms with E-state index in [1.165, 1.54) is 12.8 Å². The quantitative estimate of drug-likeness (QED) is 0.758. The number of nitrogens with zero attached hydrogens (tertiary/aromatic N) is 1. The maximum absolute atomic E-state index is 12.5. The molecule has 1 N–H and O–H groups in total. The molecule has 17 heavy (non-hydrogen) atoms. The van der Waals surface area contributed by atoms with Crippen molar-refractivity contribution in [1.82, 2.24) is 10.2 Å². The van der Waals surface area contributed by atoms with Crippen LogP contribution < -0.4 is 5.32 Å². The molecule has 2 aliphatic rings. The minimum Gasteiger partial charge on any atom is -0.342 e. The van der Waals surface area contributed by atoms with Crippen molar-refractivity contribution < 1.29 is 4.79 Å². The number of carbonyl (C=O) groups is 1. The van der Waals surface area contributed by atoms with Crippen LogP contribution in [0, 0.1) is 11.3 Å². The molecule has 0 bridgehead atoms. The molecule has 98 valence electrons. The fourth-order valence-electron chi connectivity index (χ4n) is 3.23. The van der Waals surface area contributed by atoms with Crippen LogP contribution in [0.5, 0.6) is 0 Å². The molecule has 0 aliphatic carbocycles. The maximum atomic E-state index is 12.5. The first-order chi connectivity index (χ1) is 7.98. The van der Waals surface area contributed by atoms with E-state index in [0.717, 1.165) is 32.5 Å². The number of carbonyl (C=O) groups excluding carboxylic acids is 1. The smallest absolute Gasteiger partial charge is 0.225 e. The Balaban J connectivity index is 1.94. The Morgan fingerprint density at radius 2 is 2.18 bits per heavy atom. The molecule has 2 fully saturated rings. The molecular weight excluding hydrogens is 212 g/mol. The second-order valence-electron chi connectivity index (χ2n) is 6.60. The lowest BCUT2D eigenvalue weighted by atomic mass is 9.83. The summed E-state index contributed by atoms with van der Waals surface area (Å²) in [5.41, 5.74) is 0.312. The Labute approximate surface area is 105 Å². The van der Waals surface area contributed by atoms with E-state index < -0.39 is 0 Å². The van der Waals surface area contributed by atoms with Crippen LogP contribution in [0.3, 0.4) is 0 Å². The average molecular weight is 238 g/mol. The fraction of sp³-hybridized carbons (Fsp3) is 0.929. The molecule has 0 radical (unpaired) electrons. The minimum absolute atomic E-state index is 0.264. The zero-order chi connectivity index (χ0) is 12.5. The molecule has 0 aromatic heterocycles. The molecule has 0 spiro atoms. The molecule has 2 rings (SSSR count). The standard InChI is InChI=1S/C14H26N2O/c1-11-9-12(5-7-15-11)13(17)16-8-4-6-14(2,3)10-16/h11-12,15H,4-10H2,1-3H3/t11-,12-/m0/s1. The SMILES string of the molecule is C[C@H]1C[C@@H](C(=O)N2CCCC(C)(C)C2)CCN1. The van der Waals surface area contributed by atoms with Crippen molar-refractivity contribution >= 4 is 5.91 Å². The third-order valence-corrected chi connectivity index (χ3v) is 4.19. The Morgan fingerprint density at radius 1 is 1.41 bits per heavy atom. The van der Waals surface area contributed by atoms with Gasteiger partial charge in [-0.05, 0) is 44.6 Å². The largest absolute Gasteiger partial charge is 0.342 e. The molecular formula is C14H26N2O. The summed E-state index contributed by atoms with van der Waals surface area (Å²) in [5.74, 6) is 0.672. The zero-order valence-corrected chi connectivity index (χ0v) is 11.5. The number of piperidine rings is 2. The molecule has 3 heteroatoms. The van der Waals surface area contributed by atoms with Crippen LogP contribution in [0.25, 0.3) is 0 Å². The van der Waals surface area contributed by atoms with E-state index in [-0.39, 0.29) is 5.92 Å². The topological polar surface area (TPSA) is 32.3 Å². The van der Waals surface area contributed by atoms with Crippen LogP contribution in [0.15, 0.2) is 0 Å². The highest BCUT2D eigenvalue weighted by Crippen LogP contribution is 2.30. The predicted molar refractivity (Wildman–Crippen MR) is 69.8 cm³/mol. The van der Waals surface area contributed by atoms with Crippen molar-refractivity contribution in [2.75, 3.05) is 19.6 Å². The lowest BCUT2D eigenvalue weighted by Crippen LogP contribution is -2.49. The van der Waals surface area contributed by atoms with E-state index >= 15 is 0 Å². The third-order valence-electron chi connectivity index (χ3n) is 4.19. The van der Waals surface area contributed by atoms with Crippen molar-refractivity contribution in [2.45, 2.75) is 52.5 Å². The second kappa shape index (κ2) is 4.97. The van der Waals surface area contributed by atoms with Crippen LogP contribution in [-0.4, -0.2) is 36.5 Å². The number of hydrogen-bond acceptors (Lipinski definition) is 2. The molecule has 0 aromatic carbocycles. The number of nitrogens with one attached hydrogen (secondary N) is 1. The summed E-state index contributed by atoms with van der Waals surface area (Å²) in [4.78, 5) is 14.6. The van der Waals surface area contributed by atoms with Gasteiger partial charge >= 0.3 is 0 Å². The maximum Gasteiger partial charge on any atom is 0.225 e. The van der Waals surface area contributed by atoms with Gasteiger partial charge in [-0.15, -0.1) is 0 Å². The molecule has 0 unspecified atom stereocenters. The molecule has 2 aliphatic heterocycles. The average Bonchev–Trinajstić information content (AvgIpc) is 2.26. The molecule has 3 nitrogen and oxygen atoms in total. The van der Waals surface area contributed by atoms with E-state index in [1.54, 1.807) is 0 Å². The number of likely N-dealkylation sites (tertiary alicyclic amines) is 1. The van der Waals surface area contributed by atoms with E-state index in [2.05, 4.69) is 31.0 Å². The summed E-state index contributed by atoms with van der Waals surface area (Å²) in [6, 6.07) is 0.496. The Morgan fingerprint density at radius 3 is 2.82 bits per heavy atom. The lowest BCUT2D eigenvalue weighted by Gasteiger charge is -2.40. The highest BCUT2D eigenvalue weighted by molar-refractivity contribution is 5.79. The van der Waals surface area contributed by atoms with Gasteiger partial charge in [0.1, 0.15) is 0 Å². The normalized spacial score (nSPS) is 33.5. The van der Waals surface area contributed by atoms with Crippen molar-refractivity contribution in [2.24, 2.45) is 11.3 Å². The van der Waals surface area contributed by atoms with Crippen LogP contribution in [0.1, 0.15) is 46.5 Å². The van der Waals surface area contributed by atoms with Crippen LogP contribution in [0.2, 0.25) is 0 Å². The van der Waals surface area contributed by atoms with Gasteiger partial charge in [-0.25, -0.2) is 0 Å². The van der Waals surface area contributed by atoms with E-state index in [4.69, 9.17) is 0 Å². The highest BCUT2D eigenvalue weighted by atomic mass is 16.2. The molecule has 2 saturated heterocycles. The number of rotatable bonds is 1. The summed E-state index contributed by atoms with van der Waals surface area (Å²) in [6.45, 7) is 9.65. The molecule has 0 aromatic rings. The number of hydrogen-bond donors (Lipinski definition) is 1. The summed E-state index contributed by atoms with van der Waals surface area (Å²) in [6.07, 6.45) is 4.44. The Kier molecular flexibility index (Phi) is 3.76. The Hall–Kier alpha value is -0.570. The van der Waals surface area contributed by atoms with E-state index in [1.807, 2.05) is 0 Å². The third kappa shape index (κ3) is 3.21. The van der Waals surface area contributed by atoms with Gasteiger partial charge in [-0.1, -0.05) is 13.8 Å². The first-order valence-electron chi connectivity index (χ1n) is 7.00. The minimum atomic E-state index is 0.264.